The van der Waals surface area contributed by atoms with E-state index >= 15 is 0 Å². The molecule has 0 aromatic heterocycles. The molecule has 2 aromatic carbocycles. The fraction of sp³-hybridized carbons (Fsp3) is 0.0625. The minimum absolute atomic E-state index is 0.00241. The minimum atomic E-state index is 0.00241. The second-order valence-corrected chi connectivity index (χ2v) is 5.29. The van der Waals surface area contributed by atoms with Crippen LogP contribution in [0, 0.1) is 0 Å². The van der Waals surface area contributed by atoms with Crippen LogP contribution in [0.25, 0.3) is 6.08 Å². The number of carbonyl (C=O) groups is 1. The lowest BCUT2D eigenvalue weighted by atomic mass is 10.1. The van der Waals surface area contributed by atoms with Crippen LogP contribution in [0.2, 0.25) is 5.02 Å². The average Bonchev–Trinajstić information content (AvgIpc) is 2.46. The van der Waals surface area contributed by atoms with Crippen molar-refractivity contribution in [3.8, 4) is 0 Å². The van der Waals surface area contributed by atoms with Crippen molar-refractivity contribution in [2.24, 2.45) is 0 Å². The Hall–Kier alpha value is -1.51. The number of allylic oxidation sites excluding steroid dienone is 1. The van der Waals surface area contributed by atoms with E-state index in [1.165, 1.54) is 0 Å². The summed E-state index contributed by atoms with van der Waals surface area (Å²) in [7, 11) is 0. The molecule has 2 aromatic rings. The Morgan fingerprint density at radius 3 is 2.26 bits per heavy atom. The average molecular weight is 289 g/mol. The molecule has 0 atom stereocenters. The molecule has 0 aliphatic rings. The molecule has 0 bridgehead atoms. The summed E-state index contributed by atoms with van der Waals surface area (Å²) in [5.41, 5.74) is 1.65. The Morgan fingerprint density at radius 2 is 1.68 bits per heavy atom. The van der Waals surface area contributed by atoms with Crippen LogP contribution < -0.4 is 0 Å². The van der Waals surface area contributed by atoms with Crippen LogP contribution >= 0.6 is 23.4 Å². The van der Waals surface area contributed by atoms with Gasteiger partial charge in [-0.15, -0.1) is 11.8 Å². The van der Waals surface area contributed by atoms with E-state index in [1.54, 1.807) is 36.0 Å². The molecule has 0 saturated carbocycles. The Labute approximate surface area is 122 Å². The number of carbonyl (C=O) groups excluding carboxylic acids is 1. The van der Waals surface area contributed by atoms with E-state index in [2.05, 4.69) is 0 Å². The lowest BCUT2D eigenvalue weighted by Crippen LogP contribution is -1.93. The first-order valence-electron chi connectivity index (χ1n) is 5.81. The molecule has 0 N–H and O–H groups in total. The summed E-state index contributed by atoms with van der Waals surface area (Å²) in [6, 6.07) is 15.0. The van der Waals surface area contributed by atoms with Crippen LogP contribution in [0.5, 0.6) is 0 Å². The van der Waals surface area contributed by atoms with E-state index in [-0.39, 0.29) is 5.78 Å². The quantitative estimate of drug-likeness (QED) is 0.449. The minimum Gasteiger partial charge on any atom is -0.289 e. The summed E-state index contributed by atoms with van der Waals surface area (Å²) < 4.78 is 0. The number of thioether (sulfide) groups is 1. The molecule has 0 unspecified atom stereocenters. The van der Waals surface area contributed by atoms with Crippen LogP contribution in [0.1, 0.15) is 15.9 Å². The highest BCUT2D eigenvalue weighted by molar-refractivity contribution is 7.98. The van der Waals surface area contributed by atoms with E-state index < -0.39 is 0 Å². The first kappa shape index (κ1) is 13.9. The molecule has 0 amide bonds. The SMILES string of the molecule is CSc1ccc(C(=O)/C=C/c2ccc(Cl)cc2)cc1. The summed E-state index contributed by atoms with van der Waals surface area (Å²) in [5, 5.41) is 0.691. The number of rotatable bonds is 4. The van der Waals surface area contributed by atoms with E-state index in [0.29, 0.717) is 10.6 Å². The van der Waals surface area contributed by atoms with Gasteiger partial charge in [0.1, 0.15) is 0 Å². The van der Waals surface area contributed by atoms with Crippen LogP contribution in [-0.2, 0) is 0 Å². The topological polar surface area (TPSA) is 17.1 Å². The summed E-state index contributed by atoms with van der Waals surface area (Å²) in [6.07, 6.45) is 5.38. The van der Waals surface area contributed by atoms with E-state index in [0.717, 1.165) is 10.5 Å². The third-order valence-electron chi connectivity index (χ3n) is 2.67. The first-order chi connectivity index (χ1) is 9.19. The number of ketones is 1. The second kappa shape index (κ2) is 6.60. The first-order valence-corrected chi connectivity index (χ1v) is 7.41. The maximum Gasteiger partial charge on any atom is 0.185 e. The van der Waals surface area contributed by atoms with Crippen LogP contribution in [-0.4, -0.2) is 12.0 Å². The number of hydrogen-bond acceptors (Lipinski definition) is 2. The monoisotopic (exact) mass is 288 g/mol. The maximum absolute atomic E-state index is 12.0. The normalized spacial score (nSPS) is 10.8. The van der Waals surface area contributed by atoms with Gasteiger partial charge in [-0.3, -0.25) is 4.79 Å². The van der Waals surface area contributed by atoms with Crippen LogP contribution in [0.3, 0.4) is 0 Å². The fourth-order valence-corrected chi connectivity index (χ4v) is 2.13. The zero-order valence-corrected chi connectivity index (χ0v) is 12.0. The highest BCUT2D eigenvalue weighted by Gasteiger charge is 2.01. The lowest BCUT2D eigenvalue weighted by molar-refractivity contribution is 0.104. The Balaban J connectivity index is 2.09. The molecule has 0 aliphatic carbocycles. The summed E-state index contributed by atoms with van der Waals surface area (Å²) >= 11 is 7.46. The molecule has 0 spiro atoms. The summed E-state index contributed by atoms with van der Waals surface area (Å²) in [6.45, 7) is 0. The highest BCUT2D eigenvalue weighted by atomic mass is 35.5. The maximum atomic E-state index is 12.0. The highest BCUT2D eigenvalue weighted by Crippen LogP contribution is 2.16. The molecular weight excluding hydrogens is 276 g/mol. The number of hydrogen-bond donors (Lipinski definition) is 0. The molecular formula is C16H13ClOS. The van der Waals surface area contributed by atoms with E-state index in [9.17, 15) is 4.79 Å². The van der Waals surface area contributed by atoms with Crippen molar-refractivity contribution >= 4 is 35.2 Å². The fourth-order valence-electron chi connectivity index (χ4n) is 1.60. The third kappa shape index (κ3) is 3.98. The van der Waals surface area contributed by atoms with Crippen molar-refractivity contribution < 1.29 is 4.79 Å². The van der Waals surface area contributed by atoms with Crippen molar-refractivity contribution in [3.05, 3.63) is 70.8 Å². The molecule has 2 rings (SSSR count). The smallest absolute Gasteiger partial charge is 0.185 e. The Kier molecular flexibility index (Phi) is 4.83. The number of benzene rings is 2. The lowest BCUT2D eigenvalue weighted by Gasteiger charge is -1.98. The van der Waals surface area contributed by atoms with Crippen molar-refractivity contribution in [3.63, 3.8) is 0 Å². The van der Waals surface area contributed by atoms with Crippen molar-refractivity contribution in [1.29, 1.82) is 0 Å². The third-order valence-corrected chi connectivity index (χ3v) is 3.67. The van der Waals surface area contributed by atoms with Gasteiger partial charge < -0.3 is 0 Å². The zero-order chi connectivity index (χ0) is 13.7. The van der Waals surface area contributed by atoms with E-state index in [1.807, 2.05) is 42.7 Å². The van der Waals surface area contributed by atoms with Gasteiger partial charge in [-0.2, -0.15) is 0 Å². The number of halogens is 1. The molecule has 0 fully saturated rings. The zero-order valence-electron chi connectivity index (χ0n) is 10.5. The van der Waals surface area contributed by atoms with E-state index in [4.69, 9.17) is 11.6 Å². The molecule has 19 heavy (non-hydrogen) atoms. The molecule has 96 valence electrons. The molecule has 0 saturated heterocycles. The molecule has 0 radical (unpaired) electrons. The predicted molar refractivity (Wildman–Crippen MR) is 83.0 cm³/mol. The molecule has 3 heteroatoms. The molecule has 0 heterocycles. The predicted octanol–water partition coefficient (Wildman–Crippen LogP) is 4.96. The second-order valence-electron chi connectivity index (χ2n) is 3.98. The van der Waals surface area contributed by atoms with Gasteiger partial charge in [0.05, 0.1) is 0 Å². The van der Waals surface area contributed by atoms with Gasteiger partial charge in [0, 0.05) is 15.5 Å². The summed E-state index contributed by atoms with van der Waals surface area (Å²) in [4.78, 5) is 13.1. The van der Waals surface area contributed by atoms with Crippen molar-refractivity contribution in [2.45, 2.75) is 4.90 Å². The van der Waals surface area contributed by atoms with Crippen LogP contribution in [0.15, 0.2) is 59.5 Å². The van der Waals surface area contributed by atoms with Gasteiger partial charge in [0.15, 0.2) is 5.78 Å². The van der Waals surface area contributed by atoms with Crippen molar-refractivity contribution in [2.75, 3.05) is 6.26 Å². The van der Waals surface area contributed by atoms with Gasteiger partial charge in [-0.05, 0) is 54.3 Å². The van der Waals surface area contributed by atoms with Gasteiger partial charge >= 0.3 is 0 Å². The summed E-state index contributed by atoms with van der Waals surface area (Å²) in [5.74, 6) is 0.00241. The molecule has 0 aliphatic heterocycles. The van der Waals surface area contributed by atoms with Gasteiger partial charge in [0.25, 0.3) is 0 Å². The Morgan fingerprint density at radius 1 is 1.05 bits per heavy atom. The largest absolute Gasteiger partial charge is 0.289 e. The standard InChI is InChI=1S/C16H13ClOS/c1-19-15-9-5-13(6-10-15)16(18)11-4-12-2-7-14(17)8-3-12/h2-11H,1H3/b11-4+. The van der Waals surface area contributed by atoms with Crippen LogP contribution in [0.4, 0.5) is 0 Å². The van der Waals surface area contributed by atoms with Gasteiger partial charge in [-0.1, -0.05) is 29.8 Å². The van der Waals surface area contributed by atoms with Crippen molar-refractivity contribution in [1.82, 2.24) is 0 Å². The Bertz CT molecular complexity index is 585. The van der Waals surface area contributed by atoms with Gasteiger partial charge in [-0.25, -0.2) is 0 Å². The van der Waals surface area contributed by atoms with Gasteiger partial charge in [0.2, 0.25) is 0 Å². The molecule has 1 nitrogen and oxygen atoms in total.